The molecule has 0 aliphatic carbocycles. The first-order chi connectivity index (χ1) is 10.9. The molecule has 0 fully saturated rings. The lowest BCUT2D eigenvalue weighted by Crippen LogP contribution is -2.13. The van der Waals surface area contributed by atoms with Gasteiger partial charge < -0.3 is 10.3 Å². The first kappa shape index (κ1) is 17.2. The quantitative estimate of drug-likeness (QED) is 0.617. The van der Waals surface area contributed by atoms with Crippen molar-refractivity contribution in [2.24, 2.45) is 12.8 Å². The number of amides is 1. The molecule has 122 valence electrons. The predicted molar refractivity (Wildman–Crippen MR) is 89.5 cm³/mol. The van der Waals surface area contributed by atoms with Gasteiger partial charge in [-0.05, 0) is 31.0 Å². The van der Waals surface area contributed by atoms with Gasteiger partial charge in [0.25, 0.3) is 0 Å². The summed E-state index contributed by atoms with van der Waals surface area (Å²) in [6, 6.07) is 5.71. The molecule has 2 aromatic rings. The van der Waals surface area contributed by atoms with Gasteiger partial charge in [0.1, 0.15) is 5.82 Å². The van der Waals surface area contributed by atoms with Crippen LogP contribution in [0.5, 0.6) is 0 Å². The minimum atomic E-state index is -0.368. The van der Waals surface area contributed by atoms with Gasteiger partial charge in [-0.2, -0.15) is 0 Å². The third-order valence-corrected chi connectivity index (χ3v) is 4.70. The highest BCUT2D eigenvalue weighted by atomic mass is 32.2. The van der Waals surface area contributed by atoms with Gasteiger partial charge in [0.2, 0.25) is 5.91 Å². The van der Waals surface area contributed by atoms with Gasteiger partial charge in [-0.1, -0.05) is 23.9 Å². The van der Waals surface area contributed by atoms with E-state index in [1.807, 2.05) is 39.1 Å². The van der Waals surface area contributed by atoms with Gasteiger partial charge in [0.05, 0.1) is 5.75 Å². The summed E-state index contributed by atoms with van der Waals surface area (Å²) in [5, 5.41) is 8.75. The number of Topliss-reactive ketones (excluding diaryl/α,β-unsaturated/α-hetero) is 1. The van der Waals surface area contributed by atoms with Crippen molar-refractivity contribution < 1.29 is 9.59 Å². The van der Waals surface area contributed by atoms with Crippen LogP contribution in [0.25, 0.3) is 0 Å². The van der Waals surface area contributed by atoms with Gasteiger partial charge in [0, 0.05) is 25.5 Å². The van der Waals surface area contributed by atoms with Crippen molar-refractivity contribution in [2.75, 3.05) is 5.75 Å². The van der Waals surface area contributed by atoms with Crippen molar-refractivity contribution in [3.63, 3.8) is 0 Å². The van der Waals surface area contributed by atoms with E-state index in [2.05, 4.69) is 10.2 Å². The molecule has 1 amide bonds. The summed E-state index contributed by atoms with van der Waals surface area (Å²) in [4.78, 5) is 23.1. The first-order valence-corrected chi connectivity index (χ1v) is 8.27. The highest BCUT2D eigenvalue weighted by Crippen LogP contribution is 2.19. The Labute approximate surface area is 139 Å². The normalized spacial score (nSPS) is 10.7. The Morgan fingerprint density at radius 1 is 1.22 bits per heavy atom. The lowest BCUT2D eigenvalue weighted by Gasteiger charge is -2.05. The van der Waals surface area contributed by atoms with Crippen molar-refractivity contribution in [1.82, 2.24) is 14.8 Å². The van der Waals surface area contributed by atoms with Crippen LogP contribution in [0.2, 0.25) is 0 Å². The number of benzene rings is 1. The average Bonchev–Trinajstić information content (AvgIpc) is 2.86. The molecule has 0 spiro atoms. The van der Waals surface area contributed by atoms with E-state index in [4.69, 9.17) is 5.73 Å². The lowest BCUT2D eigenvalue weighted by atomic mass is 10.0. The molecule has 0 unspecified atom stereocenters. The van der Waals surface area contributed by atoms with Crippen molar-refractivity contribution in [1.29, 1.82) is 0 Å². The monoisotopic (exact) mass is 332 g/mol. The highest BCUT2D eigenvalue weighted by Gasteiger charge is 2.13. The molecule has 1 heterocycles. The molecule has 6 nitrogen and oxygen atoms in total. The van der Waals surface area contributed by atoms with E-state index < -0.39 is 0 Å². The molecule has 1 aromatic carbocycles. The summed E-state index contributed by atoms with van der Waals surface area (Å²) >= 11 is 1.34. The van der Waals surface area contributed by atoms with Gasteiger partial charge in [0.15, 0.2) is 10.9 Å². The molecule has 1 aromatic heterocycles. The second-order valence-electron chi connectivity index (χ2n) is 5.44. The fourth-order valence-electron chi connectivity index (χ4n) is 2.05. The molecule has 0 aliphatic heterocycles. The Morgan fingerprint density at radius 2 is 1.96 bits per heavy atom. The molecule has 0 saturated heterocycles. The molecule has 2 N–H and O–H groups in total. The van der Waals surface area contributed by atoms with E-state index in [0.29, 0.717) is 28.7 Å². The molecule has 0 aliphatic rings. The predicted octanol–water partition coefficient (Wildman–Crippen LogP) is 1.82. The minimum Gasteiger partial charge on any atom is -0.370 e. The third kappa shape index (κ3) is 4.41. The molecule has 2 rings (SSSR count). The Morgan fingerprint density at radius 3 is 2.61 bits per heavy atom. The summed E-state index contributed by atoms with van der Waals surface area (Å²) in [6.45, 7) is 4.01. The summed E-state index contributed by atoms with van der Waals surface area (Å²) in [5.74, 6) is 0.668. The molecule has 0 bridgehead atoms. The fraction of sp³-hybridized carbons (Fsp3) is 0.375. The number of primary amides is 1. The van der Waals surface area contributed by atoms with Crippen LogP contribution in [0.1, 0.15) is 33.7 Å². The number of carbonyl (C=O) groups is 2. The summed E-state index contributed by atoms with van der Waals surface area (Å²) in [6.07, 6.45) is 0.683. The number of carbonyl (C=O) groups excluding carboxylic acids is 2. The molecule has 7 heteroatoms. The SMILES string of the molecule is Cc1ccc(C(=O)CSc2nnc(CCC(N)=O)n2C)cc1C. The van der Waals surface area contributed by atoms with Gasteiger partial charge >= 0.3 is 0 Å². The van der Waals surface area contributed by atoms with Crippen LogP contribution in [-0.2, 0) is 18.3 Å². The highest BCUT2D eigenvalue weighted by molar-refractivity contribution is 7.99. The van der Waals surface area contributed by atoms with Crippen molar-refractivity contribution in [2.45, 2.75) is 31.8 Å². The van der Waals surface area contributed by atoms with Crippen LogP contribution < -0.4 is 5.73 Å². The second-order valence-corrected chi connectivity index (χ2v) is 6.38. The molecular weight excluding hydrogens is 312 g/mol. The van der Waals surface area contributed by atoms with Crippen LogP contribution in [-0.4, -0.2) is 32.2 Å². The van der Waals surface area contributed by atoms with E-state index in [1.54, 1.807) is 4.57 Å². The number of hydrogen-bond donors (Lipinski definition) is 1. The zero-order valence-electron chi connectivity index (χ0n) is 13.5. The number of hydrogen-bond acceptors (Lipinski definition) is 5. The van der Waals surface area contributed by atoms with Crippen LogP contribution in [0.15, 0.2) is 23.4 Å². The summed E-state index contributed by atoms with van der Waals surface area (Å²) < 4.78 is 1.79. The maximum atomic E-state index is 12.3. The van der Waals surface area contributed by atoms with E-state index in [9.17, 15) is 9.59 Å². The number of nitrogens with zero attached hydrogens (tertiary/aromatic N) is 3. The molecule has 23 heavy (non-hydrogen) atoms. The number of rotatable bonds is 7. The molecule has 0 saturated carbocycles. The number of aromatic nitrogens is 3. The largest absolute Gasteiger partial charge is 0.370 e. The van der Waals surface area contributed by atoms with Crippen molar-refractivity contribution >= 4 is 23.5 Å². The van der Waals surface area contributed by atoms with E-state index in [1.165, 1.54) is 17.3 Å². The molecule has 0 atom stereocenters. The van der Waals surface area contributed by atoms with Crippen LogP contribution in [0.4, 0.5) is 0 Å². The Kier molecular flexibility index (Phi) is 5.54. The second kappa shape index (κ2) is 7.41. The zero-order valence-corrected chi connectivity index (χ0v) is 14.3. The smallest absolute Gasteiger partial charge is 0.217 e. The van der Waals surface area contributed by atoms with E-state index in [-0.39, 0.29) is 18.1 Å². The number of aryl methyl sites for hydroxylation is 3. The molecular formula is C16H20N4O2S. The van der Waals surface area contributed by atoms with Crippen molar-refractivity contribution in [3.05, 3.63) is 40.7 Å². The Hall–Kier alpha value is -2.15. The van der Waals surface area contributed by atoms with Crippen LogP contribution in [0, 0.1) is 13.8 Å². The van der Waals surface area contributed by atoms with Crippen molar-refractivity contribution in [3.8, 4) is 0 Å². The van der Waals surface area contributed by atoms with Gasteiger partial charge in [-0.15, -0.1) is 10.2 Å². The summed E-state index contributed by atoms with van der Waals surface area (Å²) in [7, 11) is 1.82. The van der Waals surface area contributed by atoms with E-state index >= 15 is 0 Å². The summed E-state index contributed by atoms with van der Waals surface area (Å²) in [5.41, 5.74) is 8.11. The van der Waals surface area contributed by atoms with Gasteiger partial charge in [-0.25, -0.2) is 0 Å². The molecule has 0 radical (unpaired) electrons. The Bertz CT molecular complexity index is 740. The van der Waals surface area contributed by atoms with Crippen LogP contribution in [0.3, 0.4) is 0 Å². The first-order valence-electron chi connectivity index (χ1n) is 7.28. The topological polar surface area (TPSA) is 90.9 Å². The fourth-order valence-corrected chi connectivity index (χ4v) is 2.88. The lowest BCUT2D eigenvalue weighted by molar-refractivity contribution is -0.118. The minimum absolute atomic E-state index is 0.0554. The zero-order chi connectivity index (χ0) is 17.0. The standard InChI is InChI=1S/C16H20N4O2S/c1-10-4-5-12(8-11(10)2)13(21)9-23-16-19-18-15(20(16)3)7-6-14(17)22/h4-5,8H,6-7,9H2,1-3H3,(H2,17,22). The van der Waals surface area contributed by atoms with E-state index in [0.717, 1.165) is 5.56 Å². The van der Waals surface area contributed by atoms with Crippen LogP contribution >= 0.6 is 11.8 Å². The van der Waals surface area contributed by atoms with Gasteiger partial charge in [-0.3, -0.25) is 9.59 Å². The third-order valence-electron chi connectivity index (χ3n) is 3.68. The maximum Gasteiger partial charge on any atom is 0.217 e. The number of ketones is 1. The average molecular weight is 332 g/mol. The number of thioether (sulfide) groups is 1. The number of nitrogens with two attached hydrogens (primary N) is 1. The maximum absolute atomic E-state index is 12.3. The Balaban J connectivity index is 1.99.